The molecule has 0 bridgehead atoms. The molecule has 0 N–H and O–H groups in total. The molecular formula is C12H14Cl2N2O3. The van der Waals surface area contributed by atoms with E-state index in [1.165, 1.54) is 7.11 Å². The molecule has 0 spiro atoms. The Hall–Kier alpha value is -1.04. The van der Waals surface area contributed by atoms with E-state index in [0.29, 0.717) is 35.6 Å². The molecule has 1 aromatic rings. The minimum atomic E-state index is -0.290. The molecule has 0 amide bonds. The summed E-state index contributed by atoms with van der Waals surface area (Å²) < 4.78 is 10.2. The van der Waals surface area contributed by atoms with E-state index in [2.05, 4.69) is 9.72 Å². The van der Waals surface area contributed by atoms with Gasteiger partial charge in [-0.3, -0.25) is 4.79 Å². The number of rotatable bonds is 3. The highest BCUT2D eigenvalue weighted by Crippen LogP contribution is 2.27. The highest BCUT2D eigenvalue weighted by molar-refractivity contribution is 6.36. The summed E-state index contributed by atoms with van der Waals surface area (Å²) in [6, 6.07) is 1.65. The van der Waals surface area contributed by atoms with Gasteiger partial charge in [-0.1, -0.05) is 23.2 Å². The maximum atomic E-state index is 11.3. The average molecular weight is 305 g/mol. The fraction of sp³-hybridized carbons (Fsp3) is 0.500. The molecule has 7 heteroatoms. The predicted molar refractivity (Wildman–Crippen MR) is 72.8 cm³/mol. The Labute approximate surface area is 121 Å². The normalized spacial score (nSPS) is 19.3. The summed E-state index contributed by atoms with van der Waals surface area (Å²) in [6.07, 6.45) is 1.56. The lowest BCUT2D eigenvalue weighted by Crippen LogP contribution is -2.44. The van der Waals surface area contributed by atoms with E-state index in [1.54, 1.807) is 12.3 Å². The largest absolute Gasteiger partial charge is 0.469 e. The number of halogens is 2. The van der Waals surface area contributed by atoms with Crippen molar-refractivity contribution in [2.24, 2.45) is 0 Å². The number of hydrogen-bond acceptors (Lipinski definition) is 5. The number of carbonyl (C=O) groups excluding carboxylic acids is 1. The summed E-state index contributed by atoms with van der Waals surface area (Å²) in [6.45, 7) is 1.73. The first-order valence-electron chi connectivity index (χ1n) is 5.84. The molecule has 2 rings (SSSR count). The standard InChI is InChI=1S/C12H14Cl2N2O3/c1-18-11(17)5-9-7-16(2-3-19-9)12-10(14)4-8(13)6-15-12/h4,6,9H,2-3,5,7H2,1H3. The molecule has 2 heterocycles. The fourth-order valence-electron chi connectivity index (χ4n) is 1.94. The molecule has 5 nitrogen and oxygen atoms in total. The van der Waals surface area contributed by atoms with Crippen molar-refractivity contribution in [1.29, 1.82) is 0 Å². The van der Waals surface area contributed by atoms with Gasteiger partial charge in [-0.05, 0) is 6.07 Å². The quantitative estimate of drug-likeness (QED) is 0.801. The number of hydrogen-bond donors (Lipinski definition) is 0. The zero-order valence-electron chi connectivity index (χ0n) is 10.4. The Bertz CT molecular complexity index is 470. The lowest BCUT2D eigenvalue weighted by Gasteiger charge is -2.33. The van der Waals surface area contributed by atoms with E-state index >= 15 is 0 Å². The van der Waals surface area contributed by atoms with Crippen molar-refractivity contribution < 1.29 is 14.3 Å². The van der Waals surface area contributed by atoms with Crippen molar-refractivity contribution in [2.75, 3.05) is 31.7 Å². The van der Waals surface area contributed by atoms with E-state index in [0.717, 1.165) is 0 Å². The van der Waals surface area contributed by atoms with Crippen molar-refractivity contribution >= 4 is 35.0 Å². The summed E-state index contributed by atoms with van der Waals surface area (Å²) in [5.74, 6) is 0.367. The van der Waals surface area contributed by atoms with Gasteiger partial charge in [-0.2, -0.15) is 0 Å². The fourth-order valence-corrected chi connectivity index (χ4v) is 2.44. The van der Waals surface area contributed by atoms with Crippen molar-refractivity contribution in [2.45, 2.75) is 12.5 Å². The second kappa shape index (κ2) is 6.41. The lowest BCUT2D eigenvalue weighted by molar-refractivity contribution is -0.144. The summed E-state index contributed by atoms with van der Waals surface area (Å²) in [5, 5.41) is 0.985. The van der Waals surface area contributed by atoms with E-state index in [-0.39, 0.29) is 18.5 Å². The zero-order chi connectivity index (χ0) is 13.8. The zero-order valence-corrected chi connectivity index (χ0v) is 11.9. The minimum Gasteiger partial charge on any atom is -0.469 e. The Morgan fingerprint density at radius 1 is 1.63 bits per heavy atom. The Morgan fingerprint density at radius 2 is 2.42 bits per heavy atom. The molecule has 104 valence electrons. The van der Waals surface area contributed by atoms with Crippen molar-refractivity contribution in [3.63, 3.8) is 0 Å². The summed E-state index contributed by atoms with van der Waals surface area (Å²) in [4.78, 5) is 17.5. The molecule has 1 aliphatic rings. The SMILES string of the molecule is COC(=O)CC1CN(c2ncc(Cl)cc2Cl)CCO1. The van der Waals surface area contributed by atoms with Crippen LogP contribution in [0.4, 0.5) is 5.82 Å². The Kier molecular flexibility index (Phi) is 4.85. The van der Waals surface area contributed by atoms with Crippen LogP contribution in [0, 0.1) is 0 Å². The van der Waals surface area contributed by atoms with Crippen molar-refractivity contribution in [3.05, 3.63) is 22.3 Å². The smallest absolute Gasteiger partial charge is 0.308 e. The van der Waals surface area contributed by atoms with Crippen LogP contribution in [0.3, 0.4) is 0 Å². The first kappa shape index (κ1) is 14.4. The number of ether oxygens (including phenoxy) is 2. The van der Waals surface area contributed by atoms with Crippen LogP contribution in [0.1, 0.15) is 6.42 Å². The molecule has 1 fully saturated rings. The summed E-state index contributed by atoms with van der Waals surface area (Å²) >= 11 is 11.9. The lowest BCUT2D eigenvalue weighted by atomic mass is 10.2. The first-order valence-corrected chi connectivity index (χ1v) is 6.60. The van der Waals surface area contributed by atoms with E-state index < -0.39 is 0 Å². The maximum Gasteiger partial charge on any atom is 0.308 e. The van der Waals surface area contributed by atoms with E-state index in [9.17, 15) is 4.79 Å². The van der Waals surface area contributed by atoms with Crippen LogP contribution in [0.15, 0.2) is 12.3 Å². The summed E-state index contributed by atoms with van der Waals surface area (Å²) in [7, 11) is 1.36. The minimum absolute atomic E-state index is 0.213. The molecular weight excluding hydrogens is 291 g/mol. The van der Waals surface area contributed by atoms with Gasteiger partial charge in [0.15, 0.2) is 0 Å². The number of morpholine rings is 1. The topological polar surface area (TPSA) is 51.7 Å². The molecule has 0 saturated carbocycles. The Morgan fingerprint density at radius 3 is 3.11 bits per heavy atom. The maximum absolute atomic E-state index is 11.3. The third-order valence-corrected chi connectivity index (χ3v) is 3.33. The number of esters is 1. The molecule has 1 aliphatic heterocycles. The van der Waals surface area contributed by atoms with E-state index in [1.807, 2.05) is 4.90 Å². The second-order valence-electron chi connectivity index (χ2n) is 4.18. The third kappa shape index (κ3) is 3.72. The predicted octanol–water partition coefficient (Wildman–Crippen LogP) is 2.16. The van der Waals surface area contributed by atoms with Crippen molar-refractivity contribution in [1.82, 2.24) is 4.98 Å². The van der Waals surface area contributed by atoms with E-state index in [4.69, 9.17) is 27.9 Å². The first-order chi connectivity index (χ1) is 9.10. The van der Waals surface area contributed by atoms with Crippen molar-refractivity contribution in [3.8, 4) is 0 Å². The number of carbonyl (C=O) groups is 1. The number of anilines is 1. The van der Waals surface area contributed by atoms with Gasteiger partial charge in [0.1, 0.15) is 5.82 Å². The number of nitrogens with zero attached hydrogens (tertiary/aromatic N) is 2. The molecule has 19 heavy (non-hydrogen) atoms. The van der Waals surface area contributed by atoms with Gasteiger partial charge in [0.2, 0.25) is 0 Å². The molecule has 1 atom stereocenters. The van der Waals surface area contributed by atoms with Crippen LogP contribution < -0.4 is 4.90 Å². The van der Waals surface area contributed by atoms with Gasteiger partial charge in [0, 0.05) is 19.3 Å². The Balaban J connectivity index is 2.06. The van der Waals surface area contributed by atoms with Crippen LogP contribution in [-0.4, -0.2) is 43.9 Å². The highest BCUT2D eigenvalue weighted by Gasteiger charge is 2.25. The molecule has 1 unspecified atom stereocenters. The summed E-state index contributed by atoms with van der Waals surface area (Å²) in [5.41, 5.74) is 0. The molecule has 1 saturated heterocycles. The van der Waals surface area contributed by atoms with Gasteiger partial charge < -0.3 is 14.4 Å². The van der Waals surface area contributed by atoms with Gasteiger partial charge in [0.25, 0.3) is 0 Å². The van der Waals surface area contributed by atoms with Crippen LogP contribution in [0.5, 0.6) is 0 Å². The van der Waals surface area contributed by atoms with Gasteiger partial charge in [-0.25, -0.2) is 4.98 Å². The van der Waals surface area contributed by atoms with Gasteiger partial charge >= 0.3 is 5.97 Å². The number of methoxy groups -OCH3 is 1. The van der Waals surface area contributed by atoms with Crippen LogP contribution in [-0.2, 0) is 14.3 Å². The molecule has 0 aromatic carbocycles. The van der Waals surface area contributed by atoms with Crippen LogP contribution >= 0.6 is 23.2 Å². The molecule has 1 aromatic heterocycles. The highest BCUT2D eigenvalue weighted by atomic mass is 35.5. The van der Waals surface area contributed by atoms with Gasteiger partial charge in [0.05, 0.1) is 36.3 Å². The number of aromatic nitrogens is 1. The third-order valence-electron chi connectivity index (χ3n) is 2.85. The van der Waals surface area contributed by atoms with Gasteiger partial charge in [-0.15, -0.1) is 0 Å². The molecule has 0 aliphatic carbocycles. The molecule has 0 radical (unpaired) electrons. The van der Waals surface area contributed by atoms with Crippen LogP contribution in [0.2, 0.25) is 10.0 Å². The average Bonchev–Trinajstić information content (AvgIpc) is 2.39. The van der Waals surface area contributed by atoms with Crippen LogP contribution in [0.25, 0.3) is 0 Å². The monoisotopic (exact) mass is 304 g/mol. The second-order valence-corrected chi connectivity index (χ2v) is 5.02. The number of pyridine rings is 1.